The summed E-state index contributed by atoms with van der Waals surface area (Å²) >= 11 is 0. The van der Waals surface area contributed by atoms with Gasteiger partial charge in [0, 0.05) is 6.42 Å². The molecule has 0 aliphatic carbocycles. The van der Waals surface area contributed by atoms with Crippen molar-refractivity contribution in [2.75, 3.05) is 0 Å². The number of ether oxygens (including phenoxy) is 1. The number of hydrogen-bond acceptors (Lipinski definition) is 3. The van der Waals surface area contributed by atoms with Crippen molar-refractivity contribution in [2.24, 2.45) is 0 Å². The fourth-order valence-corrected chi connectivity index (χ4v) is 3.41. The molecule has 0 aliphatic rings. The minimum absolute atomic E-state index is 0.0517. The molecule has 3 heteroatoms. The van der Waals surface area contributed by atoms with Crippen LogP contribution in [0.3, 0.4) is 0 Å². The molecular weight excluding hydrogens is 360 g/mol. The zero-order valence-electron chi connectivity index (χ0n) is 17.3. The van der Waals surface area contributed by atoms with Crippen LogP contribution >= 0.6 is 0 Å². The van der Waals surface area contributed by atoms with Crippen LogP contribution in [0.4, 0.5) is 0 Å². The van der Waals surface area contributed by atoms with E-state index in [9.17, 15) is 5.11 Å². The molecule has 0 fully saturated rings. The van der Waals surface area contributed by atoms with Crippen LogP contribution in [0, 0.1) is 0 Å². The second-order valence-electron chi connectivity index (χ2n) is 7.60. The molecule has 3 nitrogen and oxygen atoms in total. The summed E-state index contributed by atoms with van der Waals surface area (Å²) in [7, 11) is 0. The standard InChI is InChI=1S/C26H30O3/c1-3-26(28,4-2)17-22-7-5-8-23(15-22)24-9-6-10-25(16-24)29-19-21-13-11-20(18-27)12-14-21/h5-16,27-28H,3-4,17-19H2,1-2H3. The van der Waals surface area contributed by atoms with Gasteiger partial charge in [-0.15, -0.1) is 0 Å². The molecule has 0 amide bonds. The minimum atomic E-state index is -0.644. The second kappa shape index (κ2) is 9.73. The van der Waals surface area contributed by atoms with Gasteiger partial charge in [0.25, 0.3) is 0 Å². The zero-order valence-corrected chi connectivity index (χ0v) is 17.3. The van der Waals surface area contributed by atoms with E-state index in [-0.39, 0.29) is 6.61 Å². The minimum Gasteiger partial charge on any atom is -0.489 e. The van der Waals surface area contributed by atoms with Crippen molar-refractivity contribution in [3.05, 3.63) is 89.5 Å². The molecule has 3 aromatic carbocycles. The lowest BCUT2D eigenvalue weighted by Crippen LogP contribution is -2.29. The first-order chi connectivity index (χ1) is 14.0. The Hall–Kier alpha value is -2.62. The molecule has 0 aliphatic heterocycles. The van der Waals surface area contributed by atoms with Gasteiger partial charge in [-0.1, -0.05) is 74.5 Å². The Labute approximate surface area is 173 Å². The molecule has 29 heavy (non-hydrogen) atoms. The number of aliphatic hydroxyl groups excluding tert-OH is 1. The average molecular weight is 391 g/mol. The molecule has 0 bridgehead atoms. The summed E-state index contributed by atoms with van der Waals surface area (Å²) in [4.78, 5) is 0. The molecule has 0 atom stereocenters. The lowest BCUT2D eigenvalue weighted by molar-refractivity contribution is 0.0327. The van der Waals surface area contributed by atoms with Crippen LogP contribution in [0.1, 0.15) is 43.4 Å². The lowest BCUT2D eigenvalue weighted by Gasteiger charge is -2.25. The highest BCUT2D eigenvalue weighted by molar-refractivity contribution is 5.65. The van der Waals surface area contributed by atoms with E-state index in [1.807, 2.05) is 62.4 Å². The third-order valence-electron chi connectivity index (χ3n) is 5.55. The highest BCUT2D eigenvalue weighted by Crippen LogP contribution is 2.27. The first-order valence-corrected chi connectivity index (χ1v) is 10.3. The van der Waals surface area contributed by atoms with Crippen molar-refractivity contribution < 1.29 is 14.9 Å². The topological polar surface area (TPSA) is 49.7 Å². The summed E-state index contributed by atoms with van der Waals surface area (Å²) in [5.41, 5.74) is 4.67. The van der Waals surface area contributed by atoms with Crippen molar-refractivity contribution in [2.45, 2.75) is 51.9 Å². The maximum absolute atomic E-state index is 10.7. The fourth-order valence-electron chi connectivity index (χ4n) is 3.41. The molecule has 0 heterocycles. The Kier molecular flexibility index (Phi) is 7.08. The van der Waals surface area contributed by atoms with Gasteiger partial charge in [0.05, 0.1) is 12.2 Å². The number of rotatable bonds is 9. The Balaban J connectivity index is 1.72. The van der Waals surface area contributed by atoms with Gasteiger partial charge in [-0.25, -0.2) is 0 Å². The predicted molar refractivity (Wildman–Crippen MR) is 118 cm³/mol. The van der Waals surface area contributed by atoms with E-state index in [0.717, 1.165) is 46.4 Å². The van der Waals surface area contributed by atoms with Gasteiger partial charge in [0.15, 0.2) is 0 Å². The molecule has 0 radical (unpaired) electrons. The number of aliphatic hydroxyl groups is 2. The second-order valence-corrected chi connectivity index (χ2v) is 7.60. The Morgan fingerprint density at radius 1 is 0.759 bits per heavy atom. The highest BCUT2D eigenvalue weighted by atomic mass is 16.5. The summed E-state index contributed by atoms with van der Waals surface area (Å²) in [6.45, 7) is 4.60. The molecule has 0 saturated carbocycles. The fraction of sp³-hybridized carbons (Fsp3) is 0.308. The van der Waals surface area contributed by atoms with E-state index >= 15 is 0 Å². The largest absolute Gasteiger partial charge is 0.489 e. The van der Waals surface area contributed by atoms with Gasteiger partial charge < -0.3 is 14.9 Å². The van der Waals surface area contributed by atoms with Gasteiger partial charge in [-0.05, 0) is 52.8 Å². The van der Waals surface area contributed by atoms with Crippen molar-refractivity contribution in [1.29, 1.82) is 0 Å². The molecular formula is C26H30O3. The van der Waals surface area contributed by atoms with E-state index in [1.54, 1.807) is 0 Å². The van der Waals surface area contributed by atoms with Crippen LogP contribution in [0.15, 0.2) is 72.8 Å². The van der Waals surface area contributed by atoms with E-state index in [4.69, 9.17) is 9.84 Å². The van der Waals surface area contributed by atoms with Gasteiger partial charge in [0.1, 0.15) is 12.4 Å². The van der Waals surface area contributed by atoms with Crippen molar-refractivity contribution in [3.8, 4) is 16.9 Å². The van der Waals surface area contributed by atoms with Gasteiger partial charge in [-0.3, -0.25) is 0 Å². The third-order valence-corrected chi connectivity index (χ3v) is 5.55. The summed E-state index contributed by atoms with van der Waals surface area (Å²) in [6.07, 6.45) is 2.15. The number of benzene rings is 3. The maximum Gasteiger partial charge on any atom is 0.120 e. The van der Waals surface area contributed by atoms with Crippen LogP contribution in [0.25, 0.3) is 11.1 Å². The van der Waals surface area contributed by atoms with E-state index in [0.29, 0.717) is 13.0 Å². The van der Waals surface area contributed by atoms with Crippen molar-refractivity contribution >= 4 is 0 Å². The van der Waals surface area contributed by atoms with Crippen LogP contribution < -0.4 is 4.74 Å². The molecule has 0 aromatic heterocycles. The van der Waals surface area contributed by atoms with Crippen LogP contribution in [0.2, 0.25) is 0 Å². The third kappa shape index (κ3) is 5.69. The summed E-state index contributed by atoms with van der Waals surface area (Å²) in [5.74, 6) is 0.817. The SMILES string of the molecule is CCC(O)(CC)Cc1cccc(-c2cccc(OCc3ccc(CO)cc3)c2)c1. The summed E-state index contributed by atoms with van der Waals surface area (Å²) < 4.78 is 5.97. The normalized spacial score (nSPS) is 11.4. The van der Waals surface area contributed by atoms with Crippen molar-refractivity contribution in [1.82, 2.24) is 0 Å². The van der Waals surface area contributed by atoms with Crippen molar-refractivity contribution in [3.63, 3.8) is 0 Å². The summed E-state index contributed by atoms with van der Waals surface area (Å²) in [5, 5.41) is 19.8. The molecule has 152 valence electrons. The van der Waals surface area contributed by atoms with Gasteiger partial charge >= 0.3 is 0 Å². The molecule has 0 saturated heterocycles. The molecule has 3 aromatic rings. The van der Waals surface area contributed by atoms with Crippen LogP contribution in [-0.2, 0) is 19.6 Å². The van der Waals surface area contributed by atoms with E-state index in [1.165, 1.54) is 0 Å². The molecule has 0 unspecified atom stereocenters. The van der Waals surface area contributed by atoms with Crippen LogP contribution in [0.5, 0.6) is 5.75 Å². The molecule has 2 N–H and O–H groups in total. The zero-order chi connectivity index (χ0) is 20.7. The monoisotopic (exact) mass is 390 g/mol. The average Bonchev–Trinajstić information content (AvgIpc) is 2.78. The number of hydrogen-bond donors (Lipinski definition) is 2. The van der Waals surface area contributed by atoms with E-state index < -0.39 is 5.60 Å². The Morgan fingerprint density at radius 3 is 2.03 bits per heavy atom. The maximum atomic E-state index is 10.7. The Bertz CT molecular complexity index is 911. The highest BCUT2D eigenvalue weighted by Gasteiger charge is 2.22. The van der Waals surface area contributed by atoms with Crippen LogP contribution in [-0.4, -0.2) is 15.8 Å². The van der Waals surface area contributed by atoms with E-state index in [2.05, 4.69) is 24.3 Å². The first-order valence-electron chi connectivity index (χ1n) is 10.3. The summed E-state index contributed by atoms with van der Waals surface area (Å²) in [6, 6.07) is 24.2. The van der Waals surface area contributed by atoms with Gasteiger partial charge in [-0.2, -0.15) is 0 Å². The lowest BCUT2D eigenvalue weighted by atomic mass is 9.88. The molecule has 0 spiro atoms. The quantitative estimate of drug-likeness (QED) is 0.506. The smallest absolute Gasteiger partial charge is 0.120 e. The Morgan fingerprint density at radius 2 is 1.38 bits per heavy atom. The predicted octanol–water partition coefficient (Wildman–Crippen LogP) is 5.52. The molecule has 3 rings (SSSR count). The first kappa shape index (κ1) is 21.1. The van der Waals surface area contributed by atoms with Gasteiger partial charge in [0.2, 0.25) is 0 Å².